The van der Waals surface area contributed by atoms with Gasteiger partial charge in [-0.05, 0) is 24.3 Å². The minimum Gasteiger partial charge on any atom is -0.478 e. The van der Waals surface area contributed by atoms with Crippen LogP contribution in [0, 0.1) is 0 Å². The van der Waals surface area contributed by atoms with Gasteiger partial charge in [-0.1, -0.05) is 27.7 Å². The number of rotatable bonds is 3. The fraction of sp³-hybridized carbons (Fsp3) is 0. The zero-order valence-corrected chi connectivity index (χ0v) is 10.9. The maximum absolute atomic E-state index is 11.1. The maximum atomic E-state index is 11.1. The highest BCUT2D eigenvalue weighted by atomic mass is 79.9. The largest absolute Gasteiger partial charge is 0.478 e. The molecule has 0 aliphatic rings. The summed E-state index contributed by atoms with van der Waals surface area (Å²) in [6, 6.07) is 6.76. The minimum atomic E-state index is -0.950. The SMILES string of the molecule is O=C(O)c1ccc(Br)cc1Sc1ccncn1. The van der Waals surface area contributed by atoms with Gasteiger partial charge in [-0.2, -0.15) is 0 Å². The highest BCUT2D eigenvalue weighted by Crippen LogP contribution is 2.31. The average molecular weight is 311 g/mol. The van der Waals surface area contributed by atoms with Gasteiger partial charge in [0.05, 0.1) is 5.56 Å². The fourth-order valence-corrected chi connectivity index (χ4v) is 2.63. The van der Waals surface area contributed by atoms with Crippen molar-refractivity contribution in [2.75, 3.05) is 0 Å². The number of carboxylic acid groups (broad SMARTS) is 1. The summed E-state index contributed by atoms with van der Waals surface area (Å²) in [5, 5.41) is 9.78. The monoisotopic (exact) mass is 310 g/mol. The second kappa shape index (κ2) is 5.29. The van der Waals surface area contributed by atoms with E-state index in [0.717, 1.165) is 4.47 Å². The summed E-state index contributed by atoms with van der Waals surface area (Å²) in [7, 11) is 0. The summed E-state index contributed by atoms with van der Waals surface area (Å²) < 4.78 is 0.832. The van der Waals surface area contributed by atoms with E-state index in [2.05, 4.69) is 25.9 Å². The van der Waals surface area contributed by atoms with Crippen LogP contribution in [0.4, 0.5) is 0 Å². The smallest absolute Gasteiger partial charge is 0.336 e. The third-order valence-electron chi connectivity index (χ3n) is 1.94. The molecular weight excluding hydrogens is 304 g/mol. The van der Waals surface area contributed by atoms with Gasteiger partial charge in [-0.25, -0.2) is 14.8 Å². The Kier molecular flexibility index (Phi) is 3.75. The van der Waals surface area contributed by atoms with Crippen LogP contribution in [0.15, 0.2) is 51.2 Å². The second-order valence-corrected chi connectivity index (χ2v) is 5.07. The number of nitrogens with zero attached hydrogens (tertiary/aromatic N) is 2. The lowest BCUT2D eigenvalue weighted by Crippen LogP contribution is -1.98. The highest BCUT2D eigenvalue weighted by Gasteiger charge is 2.11. The van der Waals surface area contributed by atoms with Crippen LogP contribution in [0.1, 0.15) is 10.4 Å². The van der Waals surface area contributed by atoms with Crippen molar-refractivity contribution in [3.05, 3.63) is 46.8 Å². The van der Waals surface area contributed by atoms with Crippen LogP contribution in [0.3, 0.4) is 0 Å². The normalized spacial score (nSPS) is 10.2. The molecule has 2 rings (SSSR count). The molecule has 0 unspecified atom stereocenters. The molecule has 4 nitrogen and oxygen atoms in total. The van der Waals surface area contributed by atoms with E-state index in [1.807, 2.05) is 0 Å². The van der Waals surface area contributed by atoms with Crippen molar-refractivity contribution in [3.8, 4) is 0 Å². The van der Waals surface area contributed by atoms with Gasteiger partial charge >= 0.3 is 5.97 Å². The number of benzene rings is 1. The number of halogens is 1. The Morgan fingerprint density at radius 1 is 1.35 bits per heavy atom. The standard InChI is InChI=1S/C11H7BrN2O2S/c12-7-1-2-8(11(15)16)9(5-7)17-10-3-4-13-6-14-10/h1-6H,(H,15,16). The number of hydrogen-bond donors (Lipinski definition) is 1. The van der Waals surface area contributed by atoms with Crippen molar-refractivity contribution in [1.29, 1.82) is 0 Å². The van der Waals surface area contributed by atoms with Crippen molar-refractivity contribution < 1.29 is 9.90 Å². The summed E-state index contributed by atoms with van der Waals surface area (Å²) in [6.45, 7) is 0. The topological polar surface area (TPSA) is 63.1 Å². The second-order valence-electron chi connectivity index (χ2n) is 3.10. The average Bonchev–Trinajstić information content (AvgIpc) is 2.30. The van der Waals surface area contributed by atoms with Gasteiger partial charge in [0, 0.05) is 15.6 Å². The fourth-order valence-electron chi connectivity index (χ4n) is 1.21. The van der Waals surface area contributed by atoms with Gasteiger partial charge in [-0.3, -0.25) is 0 Å². The summed E-state index contributed by atoms with van der Waals surface area (Å²) in [6.07, 6.45) is 3.05. The molecule has 0 atom stereocenters. The number of carboxylic acids is 1. The molecule has 0 radical (unpaired) electrons. The summed E-state index contributed by atoms with van der Waals surface area (Å²) >= 11 is 4.61. The van der Waals surface area contributed by atoms with Gasteiger partial charge in [0.1, 0.15) is 11.4 Å². The molecule has 0 saturated carbocycles. The zero-order valence-electron chi connectivity index (χ0n) is 8.50. The molecule has 1 N–H and O–H groups in total. The van der Waals surface area contributed by atoms with Crippen LogP contribution in [0.2, 0.25) is 0 Å². The number of aromatic carboxylic acids is 1. The van der Waals surface area contributed by atoms with Gasteiger partial charge in [-0.15, -0.1) is 0 Å². The van der Waals surface area contributed by atoms with Crippen molar-refractivity contribution in [3.63, 3.8) is 0 Å². The quantitative estimate of drug-likeness (QED) is 0.883. The Balaban J connectivity index is 2.37. The predicted octanol–water partition coefficient (Wildman–Crippen LogP) is 3.09. The lowest BCUT2D eigenvalue weighted by molar-refractivity contribution is 0.0693. The number of hydrogen-bond acceptors (Lipinski definition) is 4. The summed E-state index contributed by atoms with van der Waals surface area (Å²) in [5.74, 6) is -0.950. The zero-order chi connectivity index (χ0) is 12.3. The number of aromatic nitrogens is 2. The molecule has 1 aromatic heterocycles. The van der Waals surface area contributed by atoms with Gasteiger partial charge < -0.3 is 5.11 Å². The molecule has 0 amide bonds. The van der Waals surface area contributed by atoms with E-state index >= 15 is 0 Å². The molecule has 0 saturated heterocycles. The Hall–Kier alpha value is -1.40. The molecule has 0 spiro atoms. The first-order valence-electron chi connectivity index (χ1n) is 4.63. The molecule has 0 aliphatic heterocycles. The molecular formula is C11H7BrN2O2S. The van der Waals surface area contributed by atoms with Crippen molar-refractivity contribution in [1.82, 2.24) is 9.97 Å². The molecule has 0 bridgehead atoms. The highest BCUT2D eigenvalue weighted by molar-refractivity contribution is 9.10. The lowest BCUT2D eigenvalue weighted by Gasteiger charge is -2.05. The van der Waals surface area contributed by atoms with Crippen molar-refractivity contribution >= 4 is 33.7 Å². The van der Waals surface area contributed by atoms with Crippen molar-refractivity contribution in [2.24, 2.45) is 0 Å². The third kappa shape index (κ3) is 3.04. The van der Waals surface area contributed by atoms with Gasteiger partial charge in [0.2, 0.25) is 0 Å². The molecule has 0 aliphatic carbocycles. The van der Waals surface area contributed by atoms with E-state index in [0.29, 0.717) is 9.92 Å². The third-order valence-corrected chi connectivity index (χ3v) is 3.44. The summed E-state index contributed by atoms with van der Waals surface area (Å²) in [5.41, 5.74) is 0.261. The van der Waals surface area contributed by atoms with E-state index in [4.69, 9.17) is 5.11 Å². The molecule has 1 heterocycles. The van der Waals surface area contributed by atoms with E-state index < -0.39 is 5.97 Å². The lowest BCUT2D eigenvalue weighted by atomic mass is 10.2. The first-order valence-corrected chi connectivity index (χ1v) is 6.24. The van der Waals surface area contributed by atoms with Gasteiger partial charge in [0.15, 0.2) is 0 Å². The van der Waals surface area contributed by atoms with Crippen LogP contribution in [0.25, 0.3) is 0 Å². The molecule has 86 valence electrons. The van der Waals surface area contributed by atoms with E-state index in [9.17, 15) is 4.79 Å². The van der Waals surface area contributed by atoms with E-state index in [1.165, 1.54) is 18.1 Å². The Bertz CT molecular complexity index is 548. The molecule has 1 aromatic carbocycles. The van der Waals surface area contributed by atoms with Crippen LogP contribution in [-0.2, 0) is 0 Å². The van der Waals surface area contributed by atoms with Gasteiger partial charge in [0.25, 0.3) is 0 Å². The van der Waals surface area contributed by atoms with Crippen LogP contribution < -0.4 is 0 Å². The minimum absolute atomic E-state index is 0.261. The maximum Gasteiger partial charge on any atom is 0.336 e. The van der Waals surface area contributed by atoms with Crippen LogP contribution in [0.5, 0.6) is 0 Å². The molecule has 2 aromatic rings. The first-order chi connectivity index (χ1) is 8.16. The Morgan fingerprint density at radius 2 is 2.18 bits per heavy atom. The number of carbonyl (C=O) groups is 1. The Labute approximate surface area is 110 Å². The van der Waals surface area contributed by atoms with E-state index in [-0.39, 0.29) is 5.56 Å². The Morgan fingerprint density at radius 3 is 2.82 bits per heavy atom. The molecule has 17 heavy (non-hydrogen) atoms. The molecule has 6 heteroatoms. The predicted molar refractivity (Wildman–Crippen MR) is 67.3 cm³/mol. The van der Waals surface area contributed by atoms with Crippen LogP contribution in [-0.4, -0.2) is 21.0 Å². The van der Waals surface area contributed by atoms with Crippen LogP contribution >= 0.6 is 27.7 Å². The summed E-state index contributed by atoms with van der Waals surface area (Å²) in [4.78, 5) is 19.6. The van der Waals surface area contributed by atoms with Crippen molar-refractivity contribution in [2.45, 2.75) is 9.92 Å². The van der Waals surface area contributed by atoms with E-state index in [1.54, 1.807) is 30.5 Å². The first kappa shape index (κ1) is 12.1. The molecule has 0 fully saturated rings.